The zero-order valence-electron chi connectivity index (χ0n) is 13.0. The minimum Gasteiger partial charge on any atom is -0.352 e. The minimum absolute atomic E-state index is 0.0651. The maximum absolute atomic E-state index is 12.3. The van der Waals surface area contributed by atoms with Gasteiger partial charge in [0.2, 0.25) is 5.91 Å². The lowest BCUT2D eigenvalue weighted by atomic mass is 9.86. The molecule has 0 saturated heterocycles. The summed E-state index contributed by atoms with van der Waals surface area (Å²) >= 11 is 12.0. The van der Waals surface area contributed by atoms with Gasteiger partial charge in [-0.05, 0) is 30.9 Å². The first kappa shape index (κ1) is 18.6. The highest BCUT2D eigenvalue weighted by Gasteiger charge is 2.26. The maximum Gasteiger partial charge on any atom is 0.235 e. The molecule has 128 valence electrons. The second kappa shape index (κ2) is 7.86. The van der Waals surface area contributed by atoms with Crippen LogP contribution < -0.4 is 5.32 Å². The number of amides is 1. The average Bonchev–Trinajstić information content (AvgIpc) is 2.45. The molecule has 4 nitrogen and oxygen atoms in total. The molecule has 2 atom stereocenters. The Kier molecular flexibility index (Phi) is 6.34. The van der Waals surface area contributed by atoms with Gasteiger partial charge in [0.25, 0.3) is 0 Å². The average molecular weight is 378 g/mol. The van der Waals surface area contributed by atoms with E-state index in [1.807, 2.05) is 0 Å². The van der Waals surface area contributed by atoms with E-state index in [1.165, 1.54) is 0 Å². The molecule has 23 heavy (non-hydrogen) atoms. The topological polar surface area (TPSA) is 63.2 Å². The summed E-state index contributed by atoms with van der Waals surface area (Å²) in [5.74, 6) is -0.947. The van der Waals surface area contributed by atoms with Crippen molar-refractivity contribution in [3.63, 3.8) is 0 Å². The number of carbonyl (C=O) groups is 1. The monoisotopic (exact) mass is 377 g/mol. The van der Waals surface area contributed by atoms with Gasteiger partial charge in [-0.25, -0.2) is 8.42 Å². The summed E-state index contributed by atoms with van der Waals surface area (Å²) in [4.78, 5) is 12.1. The van der Waals surface area contributed by atoms with E-state index < -0.39 is 21.5 Å². The number of rotatable bonds is 5. The van der Waals surface area contributed by atoms with E-state index in [1.54, 1.807) is 18.2 Å². The van der Waals surface area contributed by atoms with E-state index >= 15 is 0 Å². The smallest absolute Gasteiger partial charge is 0.235 e. The molecule has 0 aromatic heterocycles. The first-order valence-electron chi connectivity index (χ1n) is 7.71. The largest absolute Gasteiger partial charge is 0.352 e. The SMILES string of the molecule is CC1CCCCC1NC(=O)CS(=O)(=O)Cc1c(Cl)cccc1Cl. The highest BCUT2D eigenvalue weighted by atomic mass is 35.5. The Bertz CT molecular complexity index is 656. The standard InChI is InChI=1S/C16H21Cl2NO3S/c1-11-5-2-3-8-15(11)19-16(20)10-23(21,22)9-12-13(17)6-4-7-14(12)18/h4,6-7,11,15H,2-3,5,8-10H2,1H3,(H,19,20). The van der Waals surface area contributed by atoms with Gasteiger partial charge in [0.05, 0.1) is 5.75 Å². The van der Waals surface area contributed by atoms with Crippen LogP contribution >= 0.6 is 23.2 Å². The van der Waals surface area contributed by atoms with Crippen LogP contribution in [-0.4, -0.2) is 26.1 Å². The van der Waals surface area contributed by atoms with Crippen LogP contribution in [0.5, 0.6) is 0 Å². The van der Waals surface area contributed by atoms with Crippen molar-refractivity contribution in [2.75, 3.05) is 5.75 Å². The number of nitrogens with one attached hydrogen (secondary N) is 1. The molecule has 0 bridgehead atoms. The molecule has 2 unspecified atom stereocenters. The van der Waals surface area contributed by atoms with Gasteiger partial charge >= 0.3 is 0 Å². The molecule has 1 aliphatic carbocycles. The van der Waals surface area contributed by atoms with Crippen LogP contribution in [0.2, 0.25) is 10.0 Å². The van der Waals surface area contributed by atoms with Crippen LogP contribution in [0.25, 0.3) is 0 Å². The number of benzene rings is 1. The molecule has 1 fully saturated rings. The van der Waals surface area contributed by atoms with Crippen LogP contribution in [0.3, 0.4) is 0 Å². The molecule has 2 rings (SSSR count). The summed E-state index contributed by atoms with van der Waals surface area (Å²) in [7, 11) is -3.63. The van der Waals surface area contributed by atoms with Crippen molar-refractivity contribution in [1.29, 1.82) is 0 Å². The van der Waals surface area contributed by atoms with Gasteiger partial charge < -0.3 is 5.32 Å². The van der Waals surface area contributed by atoms with Crippen LogP contribution in [0.15, 0.2) is 18.2 Å². The van der Waals surface area contributed by atoms with E-state index in [4.69, 9.17) is 23.2 Å². The molecule has 0 heterocycles. The summed E-state index contributed by atoms with van der Waals surface area (Å²) < 4.78 is 24.5. The minimum atomic E-state index is -3.63. The number of hydrogen-bond acceptors (Lipinski definition) is 3. The molecular formula is C16H21Cl2NO3S. The summed E-state index contributed by atoms with van der Waals surface area (Å²) in [6.45, 7) is 2.09. The first-order valence-corrected chi connectivity index (χ1v) is 10.3. The summed E-state index contributed by atoms with van der Waals surface area (Å²) in [6.07, 6.45) is 4.20. The van der Waals surface area contributed by atoms with Gasteiger partial charge in [-0.15, -0.1) is 0 Å². The Hall–Kier alpha value is -0.780. The zero-order chi connectivity index (χ0) is 17.0. The third-order valence-electron chi connectivity index (χ3n) is 4.23. The van der Waals surface area contributed by atoms with E-state index in [0.717, 1.165) is 25.7 Å². The number of hydrogen-bond donors (Lipinski definition) is 1. The molecule has 1 aliphatic rings. The third-order valence-corrected chi connectivity index (χ3v) is 6.37. The number of sulfone groups is 1. The highest BCUT2D eigenvalue weighted by molar-refractivity contribution is 7.91. The lowest BCUT2D eigenvalue weighted by molar-refractivity contribution is -0.119. The van der Waals surface area contributed by atoms with Gasteiger partial charge in [0, 0.05) is 21.7 Å². The molecule has 0 aliphatic heterocycles. The second-order valence-electron chi connectivity index (χ2n) is 6.17. The van der Waals surface area contributed by atoms with Crippen LogP contribution in [0.4, 0.5) is 0 Å². The summed E-state index contributed by atoms with van der Waals surface area (Å²) in [5.41, 5.74) is 0.342. The molecule has 7 heteroatoms. The maximum atomic E-state index is 12.3. The predicted octanol–water partition coefficient (Wildman–Crippen LogP) is 3.60. The fraction of sp³-hybridized carbons (Fsp3) is 0.562. The van der Waals surface area contributed by atoms with Crippen molar-refractivity contribution in [2.45, 2.75) is 44.4 Å². The van der Waals surface area contributed by atoms with E-state index in [2.05, 4.69) is 12.2 Å². The van der Waals surface area contributed by atoms with Crippen molar-refractivity contribution in [3.05, 3.63) is 33.8 Å². The summed E-state index contributed by atoms with van der Waals surface area (Å²) in [6, 6.07) is 4.89. The Morgan fingerprint density at radius 2 is 1.83 bits per heavy atom. The zero-order valence-corrected chi connectivity index (χ0v) is 15.3. The fourth-order valence-corrected chi connectivity index (χ4v) is 4.95. The van der Waals surface area contributed by atoms with Gasteiger partial charge in [0.15, 0.2) is 9.84 Å². The normalized spacial score (nSPS) is 21.9. The first-order chi connectivity index (χ1) is 10.8. The van der Waals surface area contributed by atoms with Crippen molar-refractivity contribution in [1.82, 2.24) is 5.32 Å². The molecular weight excluding hydrogens is 357 g/mol. The van der Waals surface area contributed by atoms with Crippen molar-refractivity contribution in [3.8, 4) is 0 Å². The predicted molar refractivity (Wildman–Crippen MR) is 93.5 cm³/mol. The Morgan fingerprint density at radius 1 is 1.22 bits per heavy atom. The Balaban J connectivity index is 1.99. The van der Waals surface area contributed by atoms with Crippen molar-refractivity contribution >= 4 is 38.9 Å². The molecule has 1 aromatic rings. The lowest BCUT2D eigenvalue weighted by Crippen LogP contribution is -2.43. The number of carbonyl (C=O) groups excluding carboxylic acids is 1. The van der Waals surface area contributed by atoms with Crippen LogP contribution in [0.1, 0.15) is 38.2 Å². The second-order valence-corrected chi connectivity index (χ2v) is 9.05. The Morgan fingerprint density at radius 3 is 2.43 bits per heavy atom. The number of halogens is 2. The van der Waals surface area contributed by atoms with E-state index in [9.17, 15) is 13.2 Å². The quantitative estimate of drug-likeness (QED) is 0.852. The lowest BCUT2D eigenvalue weighted by Gasteiger charge is -2.29. The van der Waals surface area contributed by atoms with Gasteiger partial charge in [-0.3, -0.25) is 4.79 Å². The third kappa shape index (κ3) is 5.37. The van der Waals surface area contributed by atoms with Crippen LogP contribution in [-0.2, 0) is 20.4 Å². The van der Waals surface area contributed by atoms with Gasteiger partial charge in [-0.2, -0.15) is 0 Å². The Labute approximate surface area is 147 Å². The fourth-order valence-electron chi connectivity index (χ4n) is 2.92. The van der Waals surface area contributed by atoms with Crippen molar-refractivity contribution < 1.29 is 13.2 Å². The molecule has 1 saturated carbocycles. The van der Waals surface area contributed by atoms with E-state index in [0.29, 0.717) is 21.5 Å². The molecule has 1 aromatic carbocycles. The molecule has 0 spiro atoms. The van der Waals surface area contributed by atoms with E-state index in [-0.39, 0.29) is 11.8 Å². The van der Waals surface area contributed by atoms with Gasteiger partial charge in [-0.1, -0.05) is 49.0 Å². The molecule has 0 radical (unpaired) electrons. The molecule has 1 N–H and O–H groups in total. The van der Waals surface area contributed by atoms with Gasteiger partial charge in [0.1, 0.15) is 5.75 Å². The summed E-state index contributed by atoms with van der Waals surface area (Å²) in [5, 5.41) is 3.44. The highest BCUT2D eigenvalue weighted by Crippen LogP contribution is 2.27. The van der Waals surface area contributed by atoms with Crippen molar-refractivity contribution in [2.24, 2.45) is 5.92 Å². The molecule has 1 amide bonds. The van der Waals surface area contributed by atoms with Crippen LogP contribution in [0, 0.1) is 5.92 Å².